The molecular weight excluding hydrogens is 420 g/mol. The van der Waals surface area contributed by atoms with Gasteiger partial charge in [0.1, 0.15) is 17.1 Å². The van der Waals surface area contributed by atoms with Crippen molar-refractivity contribution in [3.8, 4) is 5.75 Å². The first-order valence-electron chi connectivity index (χ1n) is 11.4. The maximum Gasteiger partial charge on any atom is 0.347 e. The second kappa shape index (κ2) is 7.96. The fourth-order valence-corrected chi connectivity index (χ4v) is 5.93. The van der Waals surface area contributed by atoms with Gasteiger partial charge in [-0.2, -0.15) is 0 Å². The molecule has 176 valence electrons. The highest BCUT2D eigenvalue weighted by Crippen LogP contribution is 2.62. The molecule has 1 heterocycles. The zero-order valence-electron chi connectivity index (χ0n) is 19.9. The number of allylic oxidation sites excluding steroid dienone is 3. The van der Waals surface area contributed by atoms with Crippen LogP contribution in [0.25, 0.3) is 5.76 Å². The Morgan fingerprint density at radius 2 is 1.85 bits per heavy atom. The Hall–Kier alpha value is -2.70. The summed E-state index contributed by atoms with van der Waals surface area (Å²) in [4.78, 5) is 26.1. The van der Waals surface area contributed by atoms with Gasteiger partial charge in [0, 0.05) is 11.5 Å². The lowest BCUT2D eigenvalue weighted by Crippen LogP contribution is -2.66. The number of carbonyl (C=O) groups excluding carboxylic acids is 2. The van der Waals surface area contributed by atoms with Crippen LogP contribution >= 0.6 is 0 Å². The Labute approximate surface area is 194 Å². The van der Waals surface area contributed by atoms with Gasteiger partial charge in [0.2, 0.25) is 0 Å². The minimum Gasteiger partial charge on any atom is -0.496 e. The molecule has 3 atom stereocenters. The number of benzene rings is 1. The van der Waals surface area contributed by atoms with Crippen molar-refractivity contribution in [2.75, 3.05) is 7.11 Å². The summed E-state index contributed by atoms with van der Waals surface area (Å²) >= 11 is 0. The molecule has 1 aromatic carbocycles. The summed E-state index contributed by atoms with van der Waals surface area (Å²) in [6.45, 7) is 7.82. The van der Waals surface area contributed by atoms with Gasteiger partial charge in [0.05, 0.1) is 24.4 Å². The summed E-state index contributed by atoms with van der Waals surface area (Å²) in [7, 11) is 1.51. The largest absolute Gasteiger partial charge is 0.496 e. The van der Waals surface area contributed by atoms with Crippen molar-refractivity contribution in [3.05, 3.63) is 58.7 Å². The minimum atomic E-state index is -1.18. The van der Waals surface area contributed by atoms with E-state index in [4.69, 9.17) is 9.47 Å². The van der Waals surface area contributed by atoms with Crippen LogP contribution < -0.4 is 4.74 Å². The zero-order valence-corrected chi connectivity index (χ0v) is 19.9. The van der Waals surface area contributed by atoms with Crippen LogP contribution in [-0.2, 0) is 14.3 Å². The van der Waals surface area contributed by atoms with E-state index in [1.54, 1.807) is 24.3 Å². The number of rotatable bonds is 3. The average molecular weight is 453 g/mol. The van der Waals surface area contributed by atoms with E-state index in [0.717, 1.165) is 5.57 Å². The summed E-state index contributed by atoms with van der Waals surface area (Å²) in [6.07, 6.45) is 4.38. The molecule has 0 aromatic heterocycles. The van der Waals surface area contributed by atoms with Gasteiger partial charge in [-0.15, -0.1) is 0 Å². The number of aliphatic hydroxyl groups excluding tert-OH is 1. The highest BCUT2D eigenvalue weighted by atomic mass is 16.5. The number of carbonyl (C=O) groups is 2. The lowest BCUT2D eigenvalue weighted by atomic mass is 9.46. The van der Waals surface area contributed by atoms with E-state index in [9.17, 15) is 19.8 Å². The molecule has 4 rings (SSSR count). The second-order valence-corrected chi connectivity index (χ2v) is 10.2. The van der Waals surface area contributed by atoms with Crippen LogP contribution in [0.2, 0.25) is 0 Å². The molecule has 0 amide bonds. The molecule has 0 spiro atoms. The number of cyclic esters (lactones) is 1. The summed E-state index contributed by atoms with van der Waals surface area (Å²) in [5, 5.41) is 23.0. The molecule has 6 nitrogen and oxygen atoms in total. The van der Waals surface area contributed by atoms with Crippen LogP contribution in [0.15, 0.2) is 53.1 Å². The topological polar surface area (TPSA) is 93.1 Å². The Morgan fingerprint density at radius 3 is 2.52 bits per heavy atom. The molecule has 1 saturated carbocycles. The standard InChI is InChI=1S/C27H32O6/c1-16-10-13-27(31)25(2,3)12-11-23(29)26(27,4)19(16)14-18-20(28)15-22(33-24(18)30)17-8-6-7-9-21(17)32-5/h6-9,14-15,23,29,31H,10-13H2,1-5H3/b18-14+/t23-,26-,27+/m0/s1. The molecule has 1 aromatic rings. The number of hydrogen-bond acceptors (Lipinski definition) is 6. The summed E-state index contributed by atoms with van der Waals surface area (Å²) in [6, 6.07) is 7.00. The smallest absolute Gasteiger partial charge is 0.347 e. The molecule has 2 aliphatic carbocycles. The van der Waals surface area contributed by atoms with Gasteiger partial charge in [-0.05, 0) is 61.8 Å². The Morgan fingerprint density at radius 1 is 1.15 bits per heavy atom. The quantitative estimate of drug-likeness (QED) is 0.407. The Balaban J connectivity index is 1.79. The molecule has 1 fully saturated rings. The third-order valence-corrected chi connectivity index (χ3v) is 8.18. The van der Waals surface area contributed by atoms with Crippen molar-refractivity contribution >= 4 is 17.5 Å². The number of ether oxygens (including phenoxy) is 2. The van der Waals surface area contributed by atoms with Crippen molar-refractivity contribution < 1.29 is 29.3 Å². The lowest BCUT2D eigenvalue weighted by Gasteiger charge is -2.62. The van der Waals surface area contributed by atoms with Crippen LogP contribution in [0.3, 0.4) is 0 Å². The Bertz CT molecular complexity index is 1110. The number of fused-ring (bicyclic) bond motifs is 1. The molecule has 1 aliphatic heterocycles. The summed E-state index contributed by atoms with van der Waals surface area (Å²) < 4.78 is 10.9. The van der Waals surface area contributed by atoms with Gasteiger partial charge in [0.25, 0.3) is 0 Å². The van der Waals surface area contributed by atoms with Crippen molar-refractivity contribution in [3.63, 3.8) is 0 Å². The first kappa shape index (κ1) is 23.5. The number of hydrogen-bond donors (Lipinski definition) is 2. The predicted molar refractivity (Wildman–Crippen MR) is 124 cm³/mol. The third-order valence-electron chi connectivity index (χ3n) is 8.18. The van der Waals surface area contributed by atoms with E-state index in [1.807, 2.05) is 27.7 Å². The fourth-order valence-electron chi connectivity index (χ4n) is 5.93. The SMILES string of the molecule is COc1ccccc1C1=CC(=O)/C(=C\C2=C(C)CC[C@@]3(O)C(C)(C)CC[C@H](O)[C@]23C)C(=O)O1. The van der Waals surface area contributed by atoms with Crippen molar-refractivity contribution in [2.45, 2.75) is 65.1 Å². The van der Waals surface area contributed by atoms with E-state index in [2.05, 4.69) is 0 Å². The van der Waals surface area contributed by atoms with Gasteiger partial charge >= 0.3 is 5.97 Å². The third kappa shape index (κ3) is 3.39. The van der Waals surface area contributed by atoms with Crippen LogP contribution in [0.4, 0.5) is 0 Å². The number of ketones is 1. The predicted octanol–water partition coefficient (Wildman–Crippen LogP) is 4.12. The summed E-state index contributed by atoms with van der Waals surface area (Å²) in [5.74, 6) is -0.607. The number of para-hydroxylation sites is 1. The molecule has 0 radical (unpaired) electrons. The highest BCUT2D eigenvalue weighted by molar-refractivity contribution is 6.26. The normalized spacial score (nSPS) is 32.9. The first-order valence-corrected chi connectivity index (χ1v) is 11.4. The van der Waals surface area contributed by atoms with Crippen LogP contribution in [0, 0.1) is 10.8 Å². The molecular formula is C27H32O6. The molecule has 2 N–H and O–H groups in total. The first-order chi connectivity index (χ1) is 15.5. The van der Waals surface area contributed by atoms with Crippen molar-refractivity contribution in [1.82, 2.24) is 0 Å². The van der Waals surface area contributed by atoms with Crippen molar-refractivity contribution in [1.29, 1.82) is 0 Å². The minimum absolute atomic E-state index is 0.107. The maximum absolute atomic E-state index is 13.1. The molecule has 0 bridgehead atoms. The van der Waals surface area contributed by atoms with Gasteiger partial charge in [0.15, 0.2) is 5.78 Å². The number of aliphatic hydroxyl groups is 2. The van der Waals surface area contributed by atoms with E-state index < -0.39 is 34.3 Å². The highest BCUT2D eigenvalue weighted by Gasteiger charge is 2.64. The van der Waals surface area contributed by atoms with Crippen molar-refractivity contribution in [2.24, 2.45) is 10.8 Å². The lowest BCUT2D eigenvalue weighted by molar-refractivity contribution is -0.216. The molecule has 6 heteroatoms. The van der Waals surface area contributed by atoms with Gasteiger partial charge in [-0.25, -0.2) is 4.79 Å². The van der Waals surface area contributed by atoms with Crippen LogP contribution in [0.5, 0.6) is 5.75 Å². The molecule has 33 heavy (non-hydrogen) atoms. The van der Waals surface area contributed by atoms with Crippen LogP contribution in [0.1, 0.15) is 58.9 Å². The fraction of sp³-hybridized carbons (Fsp3) is 0.481. The van der Waals surface area contributed by atoms with E-state index >= 15 is 0 Å². The summed E-state index contributed by atoms with van der Waals surface area (Å²) in [5.41, 5.74) is -0.624. The number of esters is 1. The average Bonchev–Trinajstić information content (AvgIpc) is 2.78. The second-order valence-electron chi connectivity index (χ2n) is 10.2. The van der Waals surface area contributed by atoms with E-state index in [-0.39, 0.29) is 11.3 Å². The molecule has 0 unspecified atom stereocenters. The zero-order chi connectivity index (χ0) is 24.2. The van der Waals surface area contributed by atoms with Gasteiger partial charge < -0.3 is 19.7 Å². The number of methoxy groups -OCH3 is 1. The molecule has 0 saturated heterocycles. The van der Waals surface area contributed by atoms with Gasteiger partial charge in [-0.1, -0.05) is 38.5 Å². The van der Waals surface area contributed by atoms with E-state index in [1.165, 1.54) is 19.3 Å². The monoisotopic (exact) mass is 452 g/mol. The van der Waals surface area contributed by atoms with E-state index in [0.29, 0.717) is 42.6 Å². The Kier molecular flexibility index (Phi) is 5.66. The molecule has 3 aliphatic rings. The van der Waals surface area contributed by atoms with Gasteiger partial charge in [-0.3, -0.25) is 4.79 Å². The maximum atomic E-state index is 13.1. The van der Waals surface area contributed by atoms with Crippen LogP contribution in [-0.4, -0.2) is 40.8 Å².